The van der Waals surface area contributed by atoms with Gasteiger partial charge in [-0.2, -0.15) is 0 Å². The molecule has 1 aliphatic rings. The zero-order chi connectivity index (χ0) is 13.2. The molecule has 0 atom stereocenters. The summed E-state index contributed by atoms with van der Waals surface area (Å²) in [6, 6.07) is 6.14. The van der Waals surface area contributed by atoms with Crippen LogP contribution >= 0.6 is 0 Å². The van der Waals surface area contributed by atoms with E-state index in [4.69, 9.17) is 5.73 Å². The van der Waals surface area contributed by atoms with Gasteiger partial charge in [-0.1, -0.05) is 0 Å². The molecule has 1 saturated carbocycles. The topological polar surface area (TPSA) is 92.4 Å². The summed E-state index contributed by atoms with van der Waals surface area (Å²) >= 11 is 0. The second kappa shape index (κ2) is 4.78. The summed E-state index contributed by atoms with van der Waals surface area (Å²) in [4.78, 5) is 22.9. The Labute approximate surface area is 105 Å². The lowest BCUT2D eigenvalue weighted by Crippen LogP contribution is -2.56. The molecule has 0 radical (unpaired) electrons. The number of nitrogens with one attached hydrogen (secondary N) is 1. The summed E-state index contributed by atoms with van der Waals surface area (Å²) in [6.07, 6.45) is 2.62. The Bertz CT molecular complexity index is 458. The molecule has 96 valence electrons. The van der Waals surface area contributed by atoms with Crippen LogP contribution in [0.2, 0.25) is 0 Å². The lowest BCUT2D eigenvalue weighted by molar-refractivity contribution is 0.0641. The van der Waals surface area contributed by atoms with Gasteiger partial charge in [-0.3, -0.25) is 9.59 Å². The summed E-state index contributed by atoms with van der Waals surface area (Å²) in [7, 11) is 0. The van der Waals surface area contributed by atoms with Gasteiger partial charge in [-0.15, -0.1) is 0 Å². The van der Waals surface area contributed by atoms with Crippen molar-refractivity contribution in [1.29, 1.82) is 0 Å². The summed E-state index contributed by atoms with van der Waals surface area (Å²) in [5.41, 5.74) is 5.49. The van der Waals surface area contributed by atoms with Crippen molar-refractivity contribution in [3.05, 3.63) is 35.4 Å². The third kappa shape index (κ3) is 2.36. The van der Waals surface area contributed by atoms with Crippen LogP contribution in [0.25, 0.3) is 0 Å². The van der Waals surface area contributed by atoms with Gasteiger partial charge in [0.05, 0.1) is 12.1 Å². The van der Waals surface area contributed by atoms with Crippen molar-refractivity contribution in [2.75, 3.05) is 6.61 Å². The first-order valence-electron chi connectivity index (χ1n) is 5.90. The summed E-state index contributed by atoms with van der Waals surface area (Å²) < 4.78 is 0. The minimum atomic E-state index is -0.521. The second-order valence-corrected chi connectivity index (χ2v) is 4.69. The fraction of sp³-hybridized carbons (Fsp3) is 0.385. The maximum absolute atomic E-state index is 12.0. The number of aliphatic hydroxyl groups is 1. The van der Waals surface area contributed by atoms with Crippen molar-refractivity contribution in [3.8, 4) is 0 Å². The first-order chi connectivity index (χ1) is 8.56. The van der Waals surface area contributed by atoms with E-state index < -0.39 is 11.4 Å². The van der Waals surface area contributed by atoms with E-state index in [1.165, 1.54) is 12.1 Å². The zero-order valence-corrected chi connectivity index (χ0v) is 9.98. The van der Waals surface area contributed by atoms with Crippen LogP contribution in [-0.4, -0.2) is 29.1 Å². The standard InChI is InChI=1S/C13H16N2O3/c14-11(17)9-2-4-10(5-3-9)12(18)15-13(8-16)6-1-7-13/h2-5,16H,1,6-8H2,(H2,14,17)(H,15,18). The third-order valence-corrected chi connectivity index (χ3v) is 3.42. The Morgan fingerprint density at radius 2 is 1.78 bits per heavy atom. The Morgan fingerprint density at radius 3 is 2.17 bits per heavy atom. The predicted molar refractivity (Wildman–Crippen MR) is 66.1 cm³/mol. The lowest BCUT2D eigenvalue weighted by Gasteiger charge is -2.40. The zero-order valence-electron chi connectivity index (χ0n) is 9.98. The third-order valence-electron chi connectivity index (χ3n) is 3.42. The molecule has 5 heteroatoms. The first kappa shape index (κ1) is 12.6. The van der Waals surface area contributed by atoms with Crippen LogP contribution in [0.1, 0.15) is 40.0 Å². The normalized spacial score (nSPS) is 16.7. The first-order valence-corrected chi connectivity index (χ1v) is 5.90. The van der Waals surface area contributed by atoms with Crippen LogP contribution in [-0.2, 0) is 0 Å². The maximum atomic E-state index is 12.0. The molecule has 2 rings (SSSR count). The monoisotopic (exact) mass is 248 g/mol. The molecular formula is C13H16N2O3. The number of hydrogen-bond donors (Lipinski definition) is 3. The molecule has 0 aromatic heterocycles. The minimum Gasteiger partial charge on any atom is -0.394 e. The van der Waals surface area contributed by atoms with Crippen molar-refractivity contribution in [2.45, 2.75) is 24.8 Å². The van der Waals surface area contributed by atoms with Gasteiger partial charge in [-0.05, 0) is 43.5 Å². The number of benzene rings is 1. The predicted octanol–water partition coefficient (Wildman–Crippen LogP) is 0.430. The number of amides is 2. The second-order valence-electron chi connectivity index (χ2n) is 4.69. The fourth-order valence-corrected chi connectivity index (χ4v) is 2.03. The smallest absolute Gasteiger partial charge is 0.251 e. The van der Waals surface area contributed by atoms with Gasteiger partial charge in [0, 0.05) is 11.1 Å². The Balaban J connectivity index is 2.07. The van der Waals surface area contributed by atoms with Gasteiger partial charge in [0.15, 0.2) is 0 Å². The molecule has 1 aromatic rings. The van der Waals surface area contributed by atoms with Crippen molar-refractivity contribution in [1.82, 2.24) is 5.32 Å². The van der Waals surface area contributed by atoms with Gasteiger partial charge >= 0.3 is 0 Å². The van der Waals surface area contributed by atoms with E-state index in [9.17, 15) is 14.7 Å². The number of nitrogens with two attached hydrogens (primary N) is 1. The van der Waals surface area contributed by atoms with Gasteiger partial charge in [0.1, 0.15) is 0 Å². The quantitative estimate of drug-likeness (QED) is 0.721. The van der Waals surface area contributed by atoms with E-state index in [0.29, 0.717) is 11.1 Å². The molecule has 0 aliphatic heterocycles. The summed E-state index contributed by atoms with van der Waals surface area (Å²) in [6.45, 7) is -0.0435. The number of aliphatic hydroxyl groups excluding tert-OH is 1. The van der Waals surface area contributed by atoms with E-state index in [1.54, 1.807) is 12.1 Å². The van der Waals surface area contributed by atoms with Crippen LogP contribution in [0.15, 0.2) is 24.3 Å². The fourth-order valence-electron chi connectivity index (χ4n) is 2.03. The maximum Gasteiger partial charge on any atom is 0.251 e. The molecule has 0 spiro atoms. The Kier molecular flexibility index (Phi) is 3.34. The summed E-state index contributed by atoms with van der Waals surface area (Å²) in [5.74, 6) is -0.757. The van der Waals surface area contributed by atoms with Crippen LogP contribution in [0.4, 0.5) is 0 Å². The molecule has 2 amide bonds. The number of hydrogen-bond acceptors (Lipinski definition) is 3. The SMILES string of the molecule is NC(=O)c1ccc(C(=O)NC2(CO)CCC2)cc1. The largest absolute Gasteiger partial charge is 0.394 e. The molecule has 0 saturated heterocycles. The van der Waals surface area contributed by atoms with E-state index in [1.807, 2.05) is 0 Å². The Hall–Kier alpha value is -1.88. The van der Waals surface area contributed by atoms with E-state index in [0.717, 1.165) is 19.3 Å². The molecule has 18 heavy (non-hydrogen) atoms. The average molecular weight is 248 g/mol. The molecule has 5 nitrogen and oxygen atoms in total. The highest BCUT2D eigenvalue weighted by Crippen LogP contribution is 2.31. The van der Waals surface area contributed by atoms with Crippen molar-refractivity contribution in [3.63, 3.8) is 0 Å². The van der Waals surface area contributed by atoms with Crippen molar-refractivity contribution < 1.29 is 14.7 Å². The average Bonchev–Trinajstić information content (AvgIpc) is 2.33. The van der Waals surface area contributed by atoms with E-state index in [2.05, 4.69) is 5.32 Å². The molecule has 0 bridgehead atoms. The molecule has 1 aromatic carbocycles. The van der Waals surface area contributed by atoms with Crippen LogP contribution < -0.4 is 11.1 Å². The lowest BCUT2D eigenvalue weighted by atomic mass is 9.77. The van der Waals surface area contributed by atoms with E-state index in [-0.39, 0.29) is 12.5 Å². The highest BCUT2D eigenvalue weighted by atomic mass is 16.3. The molecule has 4 N–H and O–H groups in total. The number of carbonyl (C=O) groups is 2. The van der Waals surface area contributed by atoms with Crippen molar-refractivity contribution in [2.24, 2.45) is 5.73 Å². The van der Waals surface area contributed by atoms with Gasteiger partial charge < -0.3 is 16.2 Å². The molecule has 0 unspecified atom stereocenters. The highest BCUT2D eigenvalue weighted by Gasteiger charge is 2.37. The highest BCUT2D eigenvalue weighted by molar-refractivity contribution is 5.97. The van der Waals surface area contributed by atoms with Crippen LogP contribution in [0, 0.1) is 0 Å². The Morgan fingerprint density at radius 1 is 1.22 bits per heavy atom. The summed E-state index contributed by atoms with van der Waals surface area (Å²) in [5, 5.41) is 12.1. The van der Waals surface area contributed by atoms with Crippen LogP contribution in [0.3, 0.4) is 0 Å². The molecule has 1 aliphatic carbocycles. The van der Waals surface area contributed by atoms with Gasteiger partial charge in [0.25, 0.3) is 5.91 Å². The van der Waals surface area contributed by atoms with Gasteiger partial charge in [-0.25, -0.2) is 0 Å². The molecular weight excluding hydrogens is 232 g/mol. The van der Waals surface area contributed by atoms with E-state index >= 15 is 0 Å². The number of rotatable bonds is 4. The van der Waals surface area contributed by atoms with Crippen LogP contribution in [0.5, 0.6) is 0 Å². The molecule has 1 fully saturated rings. The minimum absolute atomic E-state index is 0.0435. The number of primary amides is 1. The van der Waals surface area contributed by atoms with Crippen molar-refractivity contribution >= 4 is 11.8 Å². The number of carbonyl (C=O) groups excluding carboxylic acids is 2. The molecule has 0 heterocycles. The van der Waals surface area contributed by atoms with Gasteiger partial charge in [0.2, 0.25) is 5.91 Å².